The van der Waals surface area contributed by atoms with Gasteiger partial charge in [0, 0.05) is 17.5 Å². The fraction of sp³-hybridized carbons (Fsp3) is 0.346. The molecule has 1 saturated carbocycles. The van der Waals surface area contributed by atoms with Gasteiger partial charge in [0.2, 0.25) is 11.8 Å². The Labute approximate surface area is 208 Å². The molecule has 1 fully saturated rings. The van der Waals surface area contributed by atoms with Crippen LogP contribution in [-0.4, -0.2) is 41.8 Å². The molecule has 0 bridgehead atoms. The molecule has 1 aliphatic rings. The van der Waals surface area contributed by atoms with E-state index < -0.39 is 6.04 Å². The molecule has 0 radical (unpaired) electrons. The van der Waals surface area contributed by atoms with Crippen LogP contribution < -0.4 is 10.6 Å². The van der Waals surface area contributed by atoms with Crippen molar-refractivity contribution in [1.82, 2.24) is 15.5 Å². The van der Waals surface area contributed by atoms with Crippen molar-refractivity contribution in [2.45, 2.75) is 44.2 Å². The lowest BCUT2D eigenvalue weighted by Gasteiger charge is -2.31. The van der Waals surface area contributed by atoms with Crippen LogP contribution >= 0.6 is 22.7 Å². The van der Waals surface area contributed by atoms with E-state index in [4.69, 9.17) is 0 Å². The van der Waals surface area contributed by atoms with Crippen molar-refractivity contribution >= 4 is 40.4 Å². The normalized spacial score (nSPS) is 14.5. The molecule has 2 aromatic heterocycles. The molecule has 0 aliphatic heterocycles. The maximum Gasteiger partial charge on any atom is 0.261 e. The first-order valence-corrected chi connectivity index (χ1v) is 13.4. The first-order valence-electron chi connectivity index (χ1n) is 11.6. The second kappa shape index (κ2) is 11.9. The highest BCUT2D eigenvalue weighted by molar-refractivity contribution is 7.12. The molecular weight excluding hydrogens is 466 g/mol. The molecule has 1 aliphatic carbocycles. The number of carbonyl (C=O) groups is 3. The van der Waals surface area contributed by atoms with E-state index in [1.54, 1.807) is 17.0 Å². The van der Waals surface area contributed by atoms with Crippen molar-refractivity contribution in [3.63, 3.8) is 0 Å². The Morgan fingerprint density at radius 1 is 0.941 bits per heavy atom. The van der Waals surface area contributed by atoms with Gasteiger partial charge in [-0.15, -0.1) is 22.7 Å². The summed E-state index contributed by atoms with van der Waals surface area (Å²) < 4.78 is 0. The standard InChI is InChI=1S/C26H29N3O3S2/c30-23(18-27-25(31)22-13-7-17-34-22)29(15-14-19-8-2-1-3-9-19)24(21-12-6-16-33-21)26(32)28-20-10-4-5-11-20/h1-3,6-9,12-13,16-17,20,24H,4-5,10-11,14-15,18H2,(H,27,31)(H,28,32). The number of hydrogen-bond donors (Lipinski definition) is 2. The molecular formula is C26H29N3O3S2. The summed E-state index contributed by atoms with van der Waals surface area (Å²) in [5.41, 5.74) is 1.09. The number of nitrogens with zero attached hydrogens (tertiary/aromatic N) is 1. The molecule has 1 aromatic carbocycles. The third-order valence-electron chi connectivity index (χ3n) is 6.02. The summed E-state index contributed by atoms with van der Waals surface area (Å²) in [6, 6.07) is 16.7. The lowest BCUT2D eigenvalue weighted by Crippen LogP contribution is -2.49. The van der Waals surface area contributed by atoms with Gasteiger partial charge in [-0.05, 0) is 47.7 Å². The summed E-state index contributed by atoms with van der Waals surface area (Å²) in [6.07, 6.45) is 4.78. The summed E-state index contributed by atoms with van der Waals surface area (Å²) in [5.74, 6) is -0.712. The van der Waals surface area contributed by atoms with Gasteiger partial charge < -0.3 is 15.5 Å². The number of hydrogen-bond acceptors (Lipinski definition) is 5. The Morgan fingerprint density at radius 2 is 1.68 bits per heavy atom. The van der Waals surface area contributed by atoms with Crippen molar-refractivity contribution < 1.29 is 14.4 Å². The summed E-state index contributed by atoms with van der Waals surface area (Å²) in [5, 5.41) is 9.65. The van der Waals surface area contributed by atoms with Crippen molar-refractivity contribution in [3.05, 3.63) is 80.7 Å². The Morgan fingerprint density at radius 3 is 2.35 bits per heavy atom. The second-order valence-electron chi connectivity index (χ2n) is 8.39. The molecule has 8 heteroatoms. The van der Waals surface area contributed by atoms with Gasteiger partial charge in [-0.3, -0.25) is 14.4 Å². The van der Waals surface area contributed by atoms with Crippen LogP contribution in [0.15, 0.2) is 65.4 Å². The fourth-order valence-corrected chi connectivity index (χ4v) is 5.74. The van der Waals surface area contributed by atoms with Crippen molar-refractivity contribution in [2.75, 3.05) is 13.1 Å². The molecule has 3 aromatic rings. The van der Waals surface area contributed by atoms with E-state index in [0.29, 0.717) is 17.8 Å². The van der Waals surface area contributed by atoms with Gasteiger partial charge in [0.25, 0.3) is 5.91 Å². The molecule has 1 unspecified atom stereocenters. The Kier molecular flexibility index (Phi) is 8.49. The highest BCUT2D eigenvalue weighted by atomic mass is 32.1. The summed E-state index contributed by atoms with van der Waals surface area (Å²) in [6.45, 7) is 0.211. The molecule has 34 heavy (non-hydrogen) atoms. The van der Waals surface area contributed by atoms with Gasteiger partial charge >= 0.3 is 0 Å². The summed E-state index contributed by atoms with van der Waals surface area (Å²) in [7, 11) is 0. The third-order valence-corrected chi connectivity index (χ3v) is 7.82. The smallest absolute Gasteiger partial charge is 0.261 e. The molecule has 0 saturated heterocycles. The number of amides is 3. The van der Waals surface area contributed by atoms with Crippen LogP contribution in [0.4, 0.5) is 0 Å². The van der Waals surface area contributed by atoms with Crippen LogP contribution in [0.3, 0.4) is 0 Å². The number of rotatable bonds is 10. The van der Waals surface area contributed by atoms with Gasteiger partial charge in [0.1, 0.15) is 6.04 Å². The van der Waals surface area contributed by atoms with Gasteiger partial charge in [0.05, 0.1) is 11.4 Å². The number of thiophene rings is 2. The molecule has 1 atom stereocenters. The Hall–Kier alpha value is -2.97. The molecule has 4 rings (SSSR count). The Balaban J connectivity index is 1.54. The number of nitrogens with one attached hydrogen (secondary N) is 2. The first kappa shape index (κ1) is 24.2. The van der Waals surface area contributed by atoms with Crippen LogP contribution in [0.25, 0.3) is 0 Å². The van der Waals surface area contributed by atoms with Gasteiger partial charge in [-0.1, -0.05) is 55.3 Å². The lowest BCUT2D eigenvalue weighted by molar-refractivity contribution is -0.140. The van der Waals surface area contributed by atoms with E-state index in [9.17, 15) is 14.4 Å². The quantitative estimate of drug-likeness (QED) is 0.437. The predicted molar refractivity (Wildman–Crippen MR) is 136 cm³/mol. The van der Waals surface area contributed by atoms with E-state index in [2.05, 4.69) is 10.6 Å². The SMILES string of the molecule is O=C(NCC(=O)N(CCc1ccccc1)C(C(=O)NC1CCCC1)c1cccs1)c1cccs1. The zero-order valence-electron chi connectivity index (χ0n) is 18.9. The largest absolute Gasteiger partial charge is 0.351 e. The third kappa shape index (κ3) is 6.33. The van der Waals surface area contributed by atoms with E-state index in [1.165, 1.54) is 22.7 Å². The first-order chi connectivity index (χ1) is 16.6. The van der Waals surface area contributed by atoms with E-state index in [1.807, 2.05) is 53.2 Å². The minimum absolute atomic E-state index is 0.152. The zero-order valence-corrected chi connectivity index (χ0v) is 20.6. The Bertz CT molecular complexity index is 1060. The van der Waals surface area contributed by atoms with Gasteiger partial charge in [-0.2, -0.15) is 0 Å². The van der Waals surface area contributed by atoms with Crippen molar-refractivity contribution in [2.24, 2.45) is 0 Å². The maximum absolute atomic E-state index is 13.5. The second-order valence-corrected chi connectivity index (χ2v) is 10.3. The maximum atomic E-state index is 13.5. The zero-order chi connectivity index (χ0) is 23.8. The van der Waals surface area contributed by atoms with Crippen molar-refractivity contribution in [3.8, 4) is 0 Å². The molecule has 2 heterocycles. The van der Waals surface area contributed by atoms with E-state index in [0.717, 1.165) is 36.1 Å². The average Bonchev–Trinajstić information content (AvgIpc) is 3.64. The minimum atomic E-state index is -0.726. The lowest BCUT2D eigenvalue weighted by atomic mass is 10.1. The van der Waals surface area contributed by atoms with Crippen LogP contribution in [0.2, 0.25) is 0 Å². The minimum Gasteiger partial charge on any atom is -0.351 e. The summed E-state index contributed by atoms with van der Waals surface area (Å²) in [4.78, 5) is 42.4. The number of carbonyl (C=O) groups excluding carboxylic acids is 3. The van der Waals surface area contributed by atoms with Crippen LogP contribution in [0.5, 0.6) is 0 Å². The van der Waals surface area contributed by atoms with Crippen LogP contribution in [0, 0.1) is 0 Å². The molecule has 178 valence electrons. The van der Waals surface area contributed by atoms with Crippen LogP contribution in [0.1, 0.15) is 51.8 Å². The topological polar surface area (TPSA) is 78.5 Å². The molecule has 2 N–H and O–H groups in total. The molecule has 3 amide bonds. The molecule has 6 nitrogen and oxygen atoms in total. The average molecular weight is 496 g/mol. The predicted octanol–water partition coefficient (Wildman–Crippen LogP) is 4.41. The van der Waals surface area contributed by atoms with E-state index >= 15 is 0 Å². The monoisotopic (exact) mass is 495 g/mol. The van der Waals surface area contributed by atoms with Gasteiger partial charge in [-0.25, -0.2) is 0 Å². The van der Waals surface area contributed by atoms with Crippen molar-refractivity contribution in [1.29, 1.82) is 0 Å². The van der Waals surface area contributed by atoms with Gasteiger partial charge in [0.15, 0.2) is 0 Å². The number of benzene rings is 1. The highest BCUT2D eigenvalue weighted by Crippen LogP contribution is 2.28. The van der Waals surface area contributed by atoms with Crippen LogP contribution in [-0.2, 0) is 16.0 Å². The summed E-state index contributed by atoms with van der Waals surface area (Å²) >= 11 is 2.79. The van der Waals surface area contributed by atoms with E-state index in [-0.39, 0.29) is 30.3 Å². The molecule has 0 spiro atoms. The highest BCUT2D eigenvalue weighted by Gasteiger charge is 2.33. The fourth-order valence-electron chi connectivity index (χ4n) is 4.27.